The molecule has 0 amide bonds. The van der Waals surface area contributed by atoms with Gasteiger partial charge >= 0.3 is 5.97 Å². The van der Waals surface area contributed by atoms with Gasteiger partial charge < -0.3 is 4.74 Å². The molecule has 114 valence electrons. The van der Waals surface area contributed by atoms with Crippen LogP contribution in [-0.2, 0) is 25.3 Å². The summed E-state index contributed by atoms with van der Waals surface area (Å²) in [6.07, 6.45) is 0.0157. The lowest BCUT2D eigenvalue weighted by Crippen LogP contribution is -2.34. The normalized spacial score (nSPS) is 11.1. The van der Waals surface area contributed by atoms with Gasteiger partial charge in [-0.25, -0.2) is 12.7 Å². The van der Waals surface area contributed by atoms with Gasteiger partial charge in [-0.2, -0.15) is 5.26 Å². The Morgan fingerprint density at radius 2 is 2.14 bits per heavy atom. The van der Waals surface area contributed by atoms with E-state index >= 15 is 0 Å². The van der Waals surface area contributed by atoms with Crippen molar-refractivity contribution in [3.8, 4) is 6.07 Å². The molecule has 0 unspecified atom stereocenters. The van der Waals surface area contributed by atoms with E-state index in [4.69, 9.17) is 5.26 Å². The predicted octanol–water partition coefficient (Wildman–Crippen LogP) is 1.27. The minimum Gasteiger partial charge on any atom is -0.469 e. The molecule has 0 aliphatic heterocycles. The topological polar surface area (TPSA) is 87.5 Å². The first-order valence-electron chi connectivity index (χ1n) is 6.46. The number of hydrogen-bond donors (Lipinski definition) is 0. The molecule has 0 spiro atoms. The van der Waals surface area contributed by atoms with E-state index < -0.39 is 16.0 Å². The Balaban J connectivity index is 2.82. The number of rotatable bonds is 7. The number of methoxy groups -OCH3 is 1. The molecule has 0 radical (unpaired) electrons. The fourth-order valence-electron chi connectivity index (χ4n) is 1.84. The van der Waals surface area contributed by atoms with Gasteiger partial charge in [0.1, 0.15) is 0 Å². The van der Waals surface area contributed by atoms with Gasteiger partial charge in [0.25, 0.3) is 0 Å². The lowest BCUT2D eigenvalue weighted by molar-refractivity contribution is -0.140. The monoisotopic (exact) mass is 310 g/mol. The van der Waals surface area contributed by atoms with Crippen LogP contribution in [0.5, 0.6) is 0 Å². The van der Waals surface area contributed by atoms with Crippen LogP contribution in [0.2, 0.25) is 0 Å². The lowest BCUT2D eigenvalue weighted by atomic mass is 10.2. The number of hydrogen-bond acceptors (Lipinski definition) is 5. The van der Waals surface area contributed by atoms with Crippen LogP contribution in [0, 0.1) is 11.3 Å². The highest BCUT2D eigenvalue weighted by Gasteiger charge is 2.22. The molecule has 0 atom stereocenters. The molecule has 0 N–H and O–H groups in total. The van der Waals surface area contributed by atoms with Crippen LogP contribution >= 0.6 is 0 Å². The summed E-state index contributed by atoms with van der Waals surface area (Å²) in [7, 11) is -2.27. The number of nitriles is 1. The Morgan fingerprint density at radius 3 is 2.71 bits per heavy atom. The van der Waals surface area contributed by atoms with Crippen molar-refractivity contribution < 1.29 is 17.9 Å². The Morgan fingerprint density at radius 1 is 1.43 bits per heavy atom. The van der Waals surface area contributed by atoms with E-state index in [2.05, 4.69) is 4.74 Å². The summed E-state index contributed by atoms with van der Waals surface area (Å²) in [6, 6.07) is 8.44. The standard InChI is InChI=1S/C14H18N2O4S/c1-3-16(8-7-14(17)20-2)21(18,19)11-13-6-4-5-12(9-13)10-15/h4-6,9H,3,7-8,11H2,1-2H3. The van der Waals surface area contributed by atoms with Crippen LogP contribution in [-0.4, -0.2) is 38.9 Å². The molecule has 21 heavy (non-hydrogen) atoms. The van der Waals surface area contributed by atoms with Crippen molar-refractivity contribution in [3.63, 3.8) is 0 Å². The molecule has 1 aromatic carbocycles. The van der Waals surface area contributed by atoms with E-state index in [-0.39, 0.29) is 25.3 Å². The number of nitrogens with zero attached hydrogens (tertiary/aromatic N) is 2. The molecule has 1 aromatic rings. The fraction of sp³-hybridized carbons (Fsp3) is 0.429. The Kier molecular flexibility index (Phi) is 6.34. The van der Waals surface area contributed by atoms with Gasteiger partial charge in [-0.15, -0.1) is 0 Å². The maximum atomic E-state index is 12.3. The van der Waals surface area contributed by atoms with Gasteiger partial charge in [0.15, 0.2) is 0 Å². The van der Waals surface area contributed by atoms with Gasteiger partial charge in [-0.3, -0.25) is 4.79 Å². The van der Waals surface area contributed by atoms with Gasteiger partial charge in [-0.1, -0.05) is 19.1 Å². The van der Waals surface area contributed by atoms with E-state index in [1.807, 2.05) is 6.07 Å². The number of carbonyl (C=O) groups excluding carboxylic acids is 1. The smallest absolute Gasteiger partial charge is 0.306 e. The van der Waals surface area contributed by atoms with Crippen LogP contribution < -0.4 is 0 Å². The van der Waals surface area contributed by atoms with E-state index in [1.165, 1.54) is 11.4 Å². The van der Waals surface area contributed by atoms with Gasteiger partial charge in [0.05, 0.1) is 30.9 Å². The summed E-state index contributed by atoms with van der Waals surface area (Å²) in [6.45, 7) is 2.07. The maximum Gasteiger partial charge on any atom is 0.306 e. The zero-order valence-corrected chi connectivity index (χ0v) is 12.9. The van der Waals surface area contributed by atoms with Crippen LogP contribution in [0.3, 0.4) is 0 Å². The predicted molar refractivity (Wildman–Crippen MR) is 77.7 cm³/mol. The molecular weight excluding hydrogens is 292 g/mol. The van der Waals surface area contributed by atoms with Crippen LogP contribution in [0.4, 0.5) is 0 Å². The van der Waals surface area contributed by atoms with Gasteiger partial charge in [0.2, 0.25) is 10.0 Å². The number of esters is 1. The zero-order chi connectivity index (χ0) is 15.9. The summed E-state index contributed by atoms with van der Waals surface area (Å²) in [5.41, 5.74) is 0.964. The van der Waals surface area contributed by atoms with Crippen LogP contribution in [0.25, 0.3) is 0 Å². The first-order chi connectivity index (χ1) is 9.92. The van der Waals surface area contributed by atoms with Crippen molar-refractivity contribution in [1.82, 2.24) is 4.31 Å². The second-order valence-electron chi connectivity index (χ2n) is 4.39. The minimum atomic E-state index is -3.54. The molecule has 1 rings (SSSR count). The molecule has 0 aliphatic rings. The van der Waals surface area contributed by atoms with Crippen molar-refractivity contribution in [1.29, 1.82) is 5.26 Å². The van der Waals surface area contributed by atoms with E-state index in [9.17, 15) is 13.2 Å². The van der Waals surface area contributed by atoms with Crippen molar-refractivity contribution in [2.45, 2.75) is 19.1 Å². The van der Waals surface area contributed by atoms with E-state index in [1.54, 1.807) is 31.2 Å². The summed E-state index contributed by atoms with van der Waals surface area (Å²) in [5, 5.41) is 8.83. The first-order valence-corrected chi connectivity index (χ1v) is 8.07. The van der Waals surface area contributed by atoms with Crippen molar-refractivity contribution in [2.24, 2.45) is 0 Å². The number of benzene rings is 1. The largest absolute Gasteiger partial charge is 0.469 e. The third-order valence-corrected chi connectivity index (χ3v) is 4.87. The highest BCUT2D eigenvalue weighted by atomic mass is 32.2. The molecule has 0 fully saturated rings. The zero-order valence-electron chi connectivity index (χ0n) is 12.1. The summed E-state index contributed by atoms with van der Waals surface area (Å²) < 4.78 is 30.4. The highest BCUT2D eigenvalue weighted by molar-refractivity contribution is 7.88. The quantitative estimate of drug-likeness (QED) is 0.708. The number of carbonyl (C=O) groups is 1. The average molecular weight is 310 g/mol. The third-order valence-electron chi connectivity index (χ3n) is 2.94. The summed E-state index contributed by atoms with van der Waals surface area (Å²) in [5.74, 6) is -0.646. The molecular formula is C14H18N2O4S. The second-order valence-corrected chi connectivity index (χ2v) is 6.36. The Hall–Kier alpha value is -1.91. The number of sulfonamides is 1. The summed E-state index contributed by atoms with van der Waals surface area (Å²) in [4.78, 5) is 11.1. The molecule has 0 heterocycles. The maximum absolute atomic E-state index is 12.3. The molecule has 0 saturated heterocycles. The van der Waals surface area contributed by atoms with Gasteiger partial charge in [0, 0.05) is 13.1 Å². The second kappa shape index (κ2) is 7.76. The lowest BCUT2D eigenvalue weighted by Gasteiger charge is -2.20. The SMILES string of the molecule is CCN(CCC(=O)OC)S(=O)(=O)Cc1cccc(C#N)c1. The van der Waals surface area contributed by atoms with E-state index in [0.29, 0.717) is 11.1 Å². The van der Waals surface area contributed by atoms with Gasteiger partial charge in [-0.05, 0) is 17.7 Å². The molecule has 6 nitrogen and oxygen atoms in total. The molecule has 7 heteroatoms. The molecule has 0 saturated carbocycles. The van der Waals surface area contributed by atoms with E-state index in [0.717, 1.165) is 0 Å². The minimum absolute atomic E-state index is 0.0157. The summed E-state index contributed by atoms with van der Waals surface area (Å²) >= 11 is 0. The van der Waals surface area contributed by atoms with Crippen LogP contribution in [0.1, 0.15) is 24.5 Å². The van der Waals surface area contributed by atoms with Crippen molar-refractivity contribution in [3.05, 3.63) is 35.4 Å². The Labute approximate surface area is 125 Å². The molecule has 0 aliphatic carbocycles. The Bertz CT molecular complexity index is 635. The average Bonchev–Trinajstić information content (AvgIpc) is 2.46. The molecule has 0 bridgehead atoms. The highest BCUT2D eigenvalue weighted by Crippen LogP contribution is 2.13. The fourth-order valence-corrected chi connectivity index (χ4v) is 3.39. The van der Waals surface area contributed by atoms with Crippen LogP contribution in [0.15, 0.2) is 24.3 Å². The third kappa shape index (κ3) is 5.17. The molecule has 0 aromatic heterocycles. The first kappa shape index (κ1) is 17.1. The van der Waals surface area contributed by atoms with Crippen molar-refractivity contribution >= 4 is 16.0 Å². The van der Waals surface area contributed by atoms with Crippen molar-refractivity contribution in [2.75, 3.05) is 20.2 Å². The number of ether oxygens (including phenoxy) is 1.